The van der Waals surface area contributed by atoms with E-state index in [1.165, 1.54) is 0 Å². The number of carbonyl (C=O) groups excluding carboxylic acids is 2. The van der Waals surface area contributed by atoms with Gasteiger partial charge in [0.2, 0.25) is 0 Å². The summed E-state index contributed by atoms with van der Waals surface area (Å²) in [6.07, 6.45) is 3.36. The van der Waals surface area contributed by atoms with E-state index in [9.17, 15) is 9.59 Å². The van der Waals surface area contributed by atoms with Gasteiger partial charge in [-0.15, -0.1) is 0 Å². The van der Waals surface area contributed by atoms with Crippen LogP contribution in [0.4, 0.5) is 0 Å². The normalized spacial score (nSPS) is 27.2. The quantitative estimate of drug-likeness (QED) is 0.763. The number of amides is 1. The van der Waals surface area contributed by atoms with Crippen LogP contribution in [0.5, 0.6) is 0 Å². The van der Waals surface area contributed by atoms with E-state index in [1.807, 2.05) is 4.90 Å². The largest absolute Gasteiger partial charge is 0.455 e. The van der Waals surface area contributed by atoms with Crippen LogP contribution in [0.15, 0.2) is 24.3 Å². The first-order valence-electron chi connectivity index (χ1n) is 8.85. The lowest BCUT2D eigenvalue weighted by Gasteiger charge is -2.39. The highest BCUT2D eigenvalue weighted by Gasteiger charge is 2.50. The summed E-state index contributed by atoms with van der Waals surface area (Å²) in [7, 11) is 0. The van der Waals surface area contributed by atoms with E-state index in [0.717, 1.165) is 31.4 Å². The van der Waals surface area contributed by atoms with Crippen molar-refractivity contribution >= 4 is 23.5 Å². The molecule has 2 unspecified atom stereocenters. The van der Waals surface area contributed by atoms with Crippen molar-refractivity contribution in [2.45, 2.75) is 52.5 Å². The Morgan fingerprint density at radius 1 is 1.20 bits per heavy atom. The maximum Gasteiger partial charge on any atom is 0.310 e. The van der Waals surface area contributed by atoms with Crippen LogP contribution >= 0.6 is 11.6 Å². The van der Waals surface area contributed by atoms with Crippen LogP contribution in [0.1, 0.15) is 45.6 Å². The molecule has 4 nitrogen and oxygen atoms in total. The van der Waals surface area contributed by atoms with E-state index in [1.54, 1.807) is 24.3 Å². The number of carbonyl (C=O) groups is 2. The lowest BCUT2D eigenvalue weighted by atomic mass is 9.65. The highest BCUT2D eigenvalue weighted by Crippen LogP contribution is 2.52. The van der Waals surface area contributed by atoms with Crippen molar-refractivity contribution < 1.29 is 14.3 Å². The first-order chi connectivity index (χ1) is 11.7. The molecule has 136 valence electrons. The second kappa shape index (κ2) is 6.64. The highest BCUT2D eigenvalue weighted by molar-refractivity contribution is 6.30. The van der Waals surface area contributed by atoms with Crippen molar-refractivity contribution in [2.75, 3.05) is 13.2 Å². The molecule has 0 radical (unpaired) electrons. The molecular formula is C20H26ClNO3. The van der Waals surface area contributed by atoms with Gasteiger partial charge in [0.25, 0.3) is 5.91 Å². The molecule has 1 aliphatic carbocycles. The molecule has 1 saturated carbocycles. The molecule has 0 aromatic heterocycles. The molecule has 3 rings (SSSR count). The first-order valence-corrected chi connectivity index (χ1v) is 9.23. The van der Waals surface area contributed by atoms with Crippen LogP contribution in [0, 0.1) is 10.8 Å². The van der Waals surface area contributed by atoms with Crippen molar-refractivity contribution in [3.8, 4) is 0 Å². The minimum Gasteiger partial charge on any atom is -0.455 e. The fourth-order valence-corrected chi connectivity index (χ4v) is 4.92. The van der Waals surface area contributed by atoms with Gasteiger partial charge in [0.1, 0.15) is 0 Å². The maximum absolute atomic E-state index is 12.6. The Bertz CT molecular complexity index is 670. The van der Waals surface area contributed by atoms with Crippen LogP contribution in [0.25, 0.3) is 0 Å². The number of hydrogen-bond acceptors (Lipinski definition) is 3. The van der Waals surface area contributed by atoms with Crippen LogP contribution in [-0.2, 0) is 20.7 Å². The van der Waals surface area contributed by atoms with Gasteiger partial charge in [0.05, 0.1) is 6.42 Å². The van der Waals surface area contributed by atoms with Gasteiger partial charge >= 0.3 is 5.97 Å². The number of hydrogen-bond donors (Lipinski definition) is 0. The Kier molecular flexibility index (Phi) is 4.84. The smallest absolute Gasteiger partial charge is 0.310 e. The molecule has 1 amide bonds. The molecule has 1 aromatic carbocycles. The number of rotatable bonds is 4. The number of esters is 1. The van der Waals surface area contributed by atoms with Crippen molar-refractivity contribution in [3.63, 3.8) is 0 Å². The molecule has 25 heavy (non-hydrogen) atoms. The minimum absolute atomic E-state index is 0.0733. The molecule has 2 fully saturated rings. The Hall–Kier alpha value is -1.55. The van der Waals surface area contributed by atoms with Gasteiger partial charge in [0.15, 0.2) is 6.61 Å². The number of nitrogens with zero attached hydrogens (tertiary/aromatic N) is 1. The fraction of sp³-hybridized carbons (Fsp3) is 0.600. The zero-order valence-electron chi connectivity index (χ0n) is 15.2. The molecule has 2 atom stereocenters. The molecule has 2 bridgehead atoms. The summed E-state index contributed by atoms with van der Waals surface area (Å²) >= 11 is 5.83. The van der Waals surface area contributed by atoms with Gasteiger partial charge in [-0.25, -0.2) is 0 Å². The van der Waals surface area contributed by atoms with Crippen LogP contribution < -0.4 is 0 Å². The number of benzene rings is 1. The molecule has 1 aliphatic heterocycles. The topological polar surface area (TPSA) is 46.6 Å². The molecule has 0 spiro atoms. The average Bonchev–Trinajstić information content (AvgIpc) is 2.76. The van der Waals surface area contributed by atoms with Crippen LogP contribution in [0.3, 0.4) is 0 Å². The Balaban J connectivity index is 1.53. The number of ether oxygens (including phenoxy) is 1. The van der Waals surface area contributed by atoms with Gasteiger partial charge < -0.3 is 9.64 Å². The van der Waals surface area contributed by atoms with Gasteiger partial charge in [-0.3, -0.25) is 9.59 Å². The van der Waals surface area contributed by atoms with Crippen molar-refractivity contribution in [3.05, 3.63) is 34.9 Å². The van der Waals surface area contributed by atoms with E-state index < -0.39 is 0 Å². The standard InChI is InChI=1S/C20H26ClNO3/c1-19(2)9-16-10-20(3,12-19)13-22(16)17(23)11-25-18(24)8-14-4-6-15(21)7-5-14/h4-7,16H,8-13H2,1-3H3. The molecule has 0 N–H and O–H groups in total. The van der Waals surface area contributed by atoms with Gasteiger partial charge in [-0.2, -0.15) is 0 Å². The predicted molar refractivity (Wildman–Crippen MR) is 97.4 cm³/mol. The summed E-state index contributed by atoms with van der Waals surface area (Å²) in [5.74, 6) is -0.458. The fourth-order valence-electron chi connectivity index (χ4n) is 4.80. The van der Waals surface area contributed by atoms with Gasteiger partial charge in [-0.1, -0.05) is 44.5 Å². The summed E-state index contributed by atoms with van der Waals surface area (Å²) in [6.45, 7) is 7.42. The van der Waals surface area contributed by atoms with E-state index in [4.69, 9.17) is 16.3 Å². The third-order valence-corrected chi connectivity index (χ3v) is 5.61. The van der Waals surface area contributed by atoms with Crippen molar-refractivity contribution in [1.29, 1.82) is 0 Å². The summed E-state index contributed by atoms with van der Waals surface area (Å²) < 4.78 is 5.22. The molecule has 1 heterocycles. The number of fused-ring (bicyclic) bond motifs is 2. The van der Waals surface area contributed by atoms with Crippen LogP contribution in [-0.4, -0.2) is 36.0 Å². The van der Waals surface area contributed by atoms with Crippen molar-refractivity contribution in [1.82, 2.24) is 4.90 Å². The second-order valence-electron chi connectivity index (χ2n) is 8.70. The lowest BCUT2D eigenvalue weighted by molar-refractivity contribution is -0.152. The molecule has 1 aromatic rings. The summed E-state index contributed by atoms with van der Waals surface area (Å²) in [6, 6.07) is 7.33. The maximum atomic E-state index is 12.6. The summed E-state index contributed by atoms with van der Waals surface area (Å²) in [5, 5.41) is 0.629. The third-order valence-electron chi connectivity index (χ3n) is 5.35. The van der Waals surface area contributed by atoms with Gasteiger partial charge in [-0.05, 0) is 47.8 Å². The third kappa shape index (κ3) is 4.35. The second-order valence-corrected chi connectivity index (χ2v) is 9.14. The molecular weight excluding hydrogens is 338 g/mol. The summed E-state index contributed by atoms with van der Waals surface area (Å²) in [5.41, 5.74) is 1.28. The summed E-state index contributed by atoms with van der Waals surface area (Å²) in [4.78, 5) is 26.5. The lowest BCUT2D eigenvalue weighted by Crippen LogP contribution is -2.39. The van der Waals surface area contributed by atoms with Crippen LogP contribution in [0.2, 0.25) is 5.02 Å². The van der Waals surface area contributed by atoms with E-state index in [-0.39, 0.29) is 41.8 Å². The SMILES string of the molecule is CC1(C)CC2CC(C)(CN2C(=O)COC(=O)Cc2ccc(Cl)cc2)C1. The van der Waals surface area contributed by atoms with Gasteiger partial charge in [0, 0.05) is 17.6 Å². The zero-order chi connectivity index (χ0) is 18.2. The monoisotopic (exact) mass is 363 g/mol. The number of halogens is 1. The highest BCUT2D eigenvalue weighted by atomic mass is 35.5. The minimum atomic E-state index is -0.385. The number of likely N-dealkylation sites (tertiary alicyclic amines) is 1. The Morgan fingerprint density at radius 2 is 1.88 bits per heavy atom. The van der Waals surface area contributed by atoms with E-state index >= 15 is 0 Å². The van der Waals surface area contributed by atoms with Crippen molar-refractivity contribution in [2.24, 2.45) is 10.8 Å². The zero-order valence-corrected chi connectivity index (χ0v) is 15.9. The first kappa shape index (κ1) is 18.2. The predicted octanol–water partition coefficient (Wildman–Crippen LogP) is 3.85. The molecule has 1 saturated heterocycles. The molecule has 2 aliphatic rings. The molecule has 5 heteroatoms. The Morgan fingerprint density at radius 3 is 2.56 bits per heavy atom. The average molecular weight is 364 g/mol. The van der Waals surface area contributed by atoms with E-state index in [0.29, 0.717) is 5.02 Å². The van der Waals surface area contributed by atoms with E-state index in [2.05, 4.69) is 20.8 Å². The Labute approximate surface area is 154 Å².